The molecule has 0 unspecified atom stereocenters. The first-order valence-electron chi connectivity index (χ1n) is 7.98. The lowest BCUT2D eigenvalue weighted by Crippen LogP contribution is -2.09. The van der Waals surface area contributed by atoms with Crippen molar-refractivity contribution in [1.29, 1.82) is 0 Å². The molecule has 0 saturated carbocycles. The number of ketones is 2. The summed E-state index contributed by atoms with van der Waals surface area (Å²) in [5.74, 6) is 0.965. The van der Waals surface area contributed by atoms with Gasteiger partial charge in [-0.05, 0) is 24.3 Å². The quantitative estimate of drug-likeness (QED) is 0.682. The zero-order valence-corrected chi connectivity index (χ0v) is 14.5. The number of Topliss-reactive ketones (excluding diaryl/α,β-unsaturated/α-hetero) is 2. The lowest BCUT2D eigenvalue weighted by molar-refractivity contribution is -0.137. The summed E-state index contributed by atoms with van der Waals surface area (Å²) in [5.41, 5.74) is -0.181. The highest BCUT2D eigenvalue weighted by molar-refractivity contribution is 7.99. The molecular formula is C19H15F3O3S. The fraction of sp³-hybridized carbons (Fsp3) is 0.263. The summed E-state index contributed by atoms with van der Waals surface area (Å²) in [6.45, 7) is 0.585. The third-order valence-electron chi connectivity index (χ3n) is 3.98. The highest BCUT2D eigenvalue weighted by Crippen LogP contribution is 2.34. The molecule has 0 aromatic heterocycles. The Kier molecular flexibility index (Phi) is 5.36. The van der Waals surface area contributed by atoms with Crippen LogP contribution in [-0.2, 0) is 6.18 Å². The molecule has 0 bridgehead atoms. The van der Waals surface area contributed by atoms with Crippen molar-refractivity contribution in [3.8, 4) is 5.75 Å². The number of rotatable bonds is 5. The SMILES string of the molecule is O=C(CCC(=O)c1ccc2c(c1)OCCS2)c1ccc(C(F)(F)F)cc1. The van der Waals surface area contributed by atoms with Gasteiger partial charge in [-0.1, -0.05) is 18.2 Å². The summed E-state index contributed by atoms with van der Waals surface area (Å²) in [6.07, 6.45) is -4.51. The van der Waals surface area contributed by atoms with Gasteiger partial charge in [0.2, 0.25) is 0 Å². The Bertz CT molecular complexity index is 829. The Labute approximate surface area is 152 Å². The standard InChI is InChI=1S/C19H15F3O3S/c20-19(21,22)14-4-1-12(2-5-14)15(23)6-7-16(24)13-3-8-18-17(11-13)25-9-10-26-18/h1-5,8,11H,6-7,9-10H2. The minimum atomic E-state index is -4.44. The number of halogens is 3. The van der Waals surface area contributed by atoms with Crippen LogP contribution in [0.5, 0.6) is 5.75 Å². The van der Waals surface area contributed by atoms with Crippen molar-refractivity contribution >= 4 is 23.3 Å². The number of hydrogen-bond acceptors (Lipinski definition) is 4. The number of alkyl halides is 3. The second-order valence-corrected chi connectivity index (χ2v) is 6.92. The summed E-state index contributed by atoms with van der Waals surface area (Å²) in [7, 11) is 0. The molecule has 3 nitrogen and oxygen atoms in total. The maximum Gasteiger partial charge on any atom is 0.416 e. The van der Waals surface area contributed by atoms with E-state index in [1.807, 2.05) is 6.07 Å². The van der Waals surface area contributed by atoms with Crippen LogP contribution in [0.15, 0.2) is 47.4 Å². The molecule has 2 aromatic carbocycles. The topological polar surface area (TPSA) is 43.4 Å². The Hall–Kier alpha value is -2.28. The van der Waals surface area contributed by atoms with E-state index in [-0.39, 0.29) is 30.0 Å². The Morgan fingerprint density at radius 3 is 2.23 bits per heavy atom. The average molecular weight is 380 g/mol. The average Bonchev–Trinajstić information content (AvgIpc) is 2.64. The number of fused-ring (bicyclic) bond motifs is 1. The van der Waals surface area contributed by atoms with Crippen molar-refractivity contribution in [2.24, 2.45) is 0 Å². The molecule has 1 aliphatic rings. The summed E-state index contributed by atoms with van der Waals surface area (Å²) >= 11 is 1.66. The van der Waals surface area contributed by atoms with Crippen molar-refractivity contribution in [1.82, 2.24) is 0 Å². The summed E-state index contributed by atoms with van der Waals surface area (Å²) < 4.78 is 43.1. The van der Waals surface area contributed by atoms with Crippen LogP contribution in [0.25, 0.3) is 0 Å². The van der Waals surface area contributed by atoms with Gasteiger partial charge < -0.3 is 4.74 Å². The van der Waals surface area contributed by atoms with Gasteiger partial charge >= 0.3 is 6.18 Å². The maximum absolute atomic E-state index is 12.5. The highest BCUT2D eigenvalue weighted by Gasteiger charge is 2.30. The minimum Gasteiger partial charge on any atom is -0.492 e. The fourth-order valence-electron chi connectivity index (χ4n) is 2.58. The summed E-state index contributed by atoms with van der Waals surface area (Å²) in [4.78, 5) is 25.4. The van der Waals surface area contributed by atoms with Crippen LogP contribution in [-0.4, -0.2) is 23.9 Å². The van der Waals surface area contributed by atoms with Crippen LogP contribution in [0.1, 0.15) is 39.1 Å². The molecule has 0 radical (unpaired) electrons. The van der Waals surface area contributed by atoms with Gasteiger partial charge in [-0.15, -0.1) is 11.8 Å². The number of hydrogen-bond donors (Lipinski definition) is 0. The van der Waals surface area contributed by atoms with Crippen LogP contribution >= 0.6 is 11.8 Å². The normalized spacial score (nSPS) is 13.7. The molecule has 26 heavy (non-hydrogen) atoms. The Morgan fingerprint density at radius 1 is 0.962 bits per heavy atom. The van der Waals surface area contributed by atoms with Gasteiger partial charge in [-0.2, -0.15) is 13.2 Å². The van der Waals surface area contributed by atoms with Gasteiger partial charge in [0.15, 0.2) is 11.6 Å². The second-order valence-electron chi connectivity index (χ2n) is 5.78. The van der Waals surface area contributed by atoms with Crippen LogP contribution in [0, 0.1) is 0 Å². The van der Waals surface area contributed by atoms with Crippen molar-refractivity contribution < 1.29 is 27.5 Å². The highest BCUT2D eigenvalue weighted by atomic mass is 32.2. The van der Waals surface area contributed by atoms with Crippen LogP contribution < -0.4 is 4.74 Å². The molecule has 0 amide bonds. The molecule has 0 fully saturated rings. The third kappa shape index (κ3) is 4.27. The largest absolute Gasteiger partial charge is 0.492 e. The predicted octanol–water partition coefficient (Wildman–Crippen LogP) is 5.04. The summed E-state index contributed by atoms with van der Waals surface area (Å²) in [5, 5.41) is 0. The molecule has 0 atom stereocenters. The van der Waals surface area contributed by atoms with Crippen LogP contribution in [0.3, 0.4) is 0 Å². The van der Waals surface area contributed by atoms with Crippen LogP contribution in [0.4, 0.5) is 13.2 Å². The second kappa shape index (κ2) is 7.53. The number of thioether (sulfide) groups is 1. The molecule has 0 saturated heterocycles. The number of carbonyl (C=O) groups is 2. The molecule has 3 rings (SSSR count). The maximum atomic E-state index is 12.5. The number of benzene rings is 2. The fourth-order valence-corrected chi connectivity index (χ4v) is 3.39. The first kappa shape index (κ1) is 18.5. The Morgan fingerprint density at radius 2 is 1.58 bits per heavy atom. The molecule has 136 valence electrons. The Balaban J connectivity index is 1.61. The molecule has 1 heterocycles. The van der Waals surface area contributed by atoms with E-state index in [2.05, 4.69) is 0 Å². The van der Waals surface area contributed by atoms with Crippen molar-refractivity contribution in [3.05, 3.63) is 59.2 Å². The smallest absolute Gasteiger partial charge is 0.416 e. The molecule has 0 N–H and O–H groups in total. The molecule has 1 aliphatic heterocycles. The molecule has 7 heteroatoms. The van der Waals surface area contributed by atoms with Gasteiger partial charge in [0, 0.05) is 34.6 Å². The zero-order valence-electron chi connectivity index (χ0n) is 13.6. The number of carbonyl (C=O) groups excluding carboxylic acids is 2. The molecule has 0 spiro atoms. The van der Waals surface area contributed by atoms with E-state index >= 15 is 0 Å². The first-order chi connectivity index (χ1) is 12.3. The monoisotopic (exact) mass is 380 g/mol. The van der Waals surface area contributed by atoms with Gasteiger partial charge in [-0.3, -0.25) is 9.59 Å². The van der Waals surface area contributed by atoms with E-state index < -0.39 is 11.7 Å². The minimum absolute atomic E-state index is 0.00815. The zero-order chi connectivity index (χ0) is 18.7. The van der Waals surface area contributed by atoms with E-state index in [0.29, 0.717) is 17.9 Å². The van der Waals surface area contributed by atoms with Crippen molar-refractivity contribution in [3.63, 3.8) is 0 Å². The van der Waals surface area contributed by atoms with Gasteiger partial charge in [-0.25, -0.2) is 0 Å². The molecular weight excluding hydrogens is 365 g/mol. The van der Waals surface area contributed by atoms with Crippen LogP contribution in [0.2, 0.25) is 0 Å². The number of ether oxygens (including phenoxy) is 1. The van der Waals surface area contributed by atoms with Crippen molar-refractivity contribution in [2.45, 2.75) is 23.9 Å². The van der Waals surface area contributed by atoms with Crippen molar-refractivity contribution in [2.75, 3.05) is 12.4 Å². The lowest BCUT2D eigenvalue weighted by atomic mass is 10.0. The predicted molar refractivity (Wildman–Crippen MR) is 92.0 cm³/mol. The van der Waals surface area contributed by atoms with Gasteiger partial charge in [0.05, 0.1) is 12.2 Å². The van der Waals surface area contributed by atoms with E-state index in [1.165, 1.54) is 0 Å². The van der Waals surface area contributed by atoms with E-state index in [0.717, 1.165) is 34.9 Å². The van der Waals surface area contributed by atoms with E-state index in [1.54, 1.807) is 23.9 Å². The molecule has 0 aliphatic carbocycles. The van der Waals surface area contributed by atoms with Gasteiger partial charge in [0.25, 0.3) is 0 Å². The molecule has 2 aromatic rings. The first-order valence-corrected chi connectivity index (χ1v) is 8.96. The third-order valence-corrected chi connectivity index (χ3v) is 5.00. The van der Waals surface area contributed by atoms with E-state index in [4.69, 9.17) is 4.74 Å². The van der Waals surface area contributed by atoms with Gasteiger partial charge in [0.1, 0.15) is 5.75 Å². The summed E-state index contributed by atoms with van der Waals surface area (Å²) in [6, 6.07) is 9.21. The lowest BCUT2D eigenvalue weighted by Gasteiger charge is -2.17. The van der Waals surface area contributed by atoms with E-state index in [9.17, 15) is 22.8 Å².